The Hall–Kier alpha value is -0.810. The highest BCUT2D eigenvalue weighted by Gasteiger charge is 2.47. The Morgan fingerprint density at radius 1 is 1.50 bits per heavy atom. The fourth-order valence-corrected chi connectivity index (χ4v) is 2.64. The van der Waals surface area contributed by atoms with Crippen molar-refractivity contribution in [1.82, 2.24) is 4.90 Å². The van der Waals surface area contributed by atoms with E-state index in [2.05, 4.69) is 0 Å². The van der Waals surface area contributed by atoms with Gasteiger partial charge in [-0.15, -0.1) is 0 Å². The highest BCUT2D eigenvalue weighted by molar-refractivity contribution is 5.68. The first-order chi connectivity index (χ1) is 8.32. The van der Waals surface area contributed by atoms with Crippen LogP contribution in [0.5, 0.6) is 0 Å². The van der Waals surface area contributed by atoms with Gasteiger partial charge in [-0.2, -0.15) is 0 Å². The Balaban J connectivity index is 1.97. The van der Waals surface area contributed by atoms with E-state index in [-0.39, 0.29) is 17.6 Å². The van der Waals surface area contributed by atoms with Gasteiger partial charge < -0.3 is 19.5 Å². The number of hydrogen-bond acceptors (Lipinski definition) is 4. The van der Waals surface area contributed by atoms with Crippen LogP contribution in [0.25, 0.3) is 0 Å². The van der Waals surface area contributed by atoms with Crippen LogP contribution in [0, 0.1) is 5.41 Å². The first kappa shape index (κ1) is 13.6. The third-order valence-corrected chi connectivity index (χ3v) is 3.67. The van der Waals surface area contributed by atoms with Crippen molar-refractivity contribution in [3.63, 3.8) is 0 Å². The largest absolute Gasteiger partial charge is 0.444 e. The van der Waals surface area contributed by atoms with Gasteiger partial charge in [0.05, 0.1) is 12.7 Å². The monoisotopic (exact) mass is 257 g/mol. The molecule has 104 valence electrons. The molecule has 1 N–H and O–H groups in total. The molecule has 2 saturated heterocycles. The molecule has 18 heavy (non-hydrogen) atoms. The molecule has 2 aliphatic heterocycles. The van der Waals surface area contributed by atoms with E-state index >= 15 is 0 Å². The van der Waals surface area contributed by atoms with Crippen molar-refractivity contribution in [3.05, 3.63) is 0 Å². The van der Waals surface area contributed by atoms with Crippen molar-refractivity contribution in [1.29, 1.82) is 0 Å². The molecule has 1 amide bonds. The van der Waals surface area contributed by atoms with Crippen molar-refractivity contribution < 1.29 is 19.4 Å². The van der Waals surface area contributed by atoms with Gasteiger partial charge in [-0.3, -0.25) is 0 Å². The average Bonchev–Trinajstić information content (AvgIpc) is 2.66. The highest BCUT2D eigenvalue weighted by atomic mass is 16.6. The zero-order chi connectivity index (χ0) is 13.4. The molecule has 0 radical (unpaired) electrons. The van der Waals surface area contributed by atoms with Crippen molar-refractivity contribution in [2.45, 2.75) is 45.3 Å². The minimum atomic E-state index is -0.478. The second kappa shape index (κ2) is 4.70. The maximum Gasteiger partial charge on any atom is 0.410 e. The summed E-state index contributed by atoms with van der Waals surface area (Å²) in [6.07, 6.45) is 0.770. The standard InChI is InChI=1S/C13H23NO4/c1-12(2,3)18-11(16)14-6-5-13(8-14)9-17-7-4-10(13)15/h10,15H,4-9H2,1-3H3. The lowest BCUT2D eigenvalue weighted by atomic mass is 9.79. The normalized spacial score (nSPS) is 32.9. The number of carbonyl (C=O) groups excluding carboxylic acids is 1. The van der Waals surface area contributed by atoms with Crippen LogP contribution in [0.2, 0.25) is 0 Å². The molecule has 2 unspecified atom stereocenters. The summed E-state index contributed by atoms with van der Waals surface area (Å²) in [5.74, 6) is 0. The molecule has 1 spiro atoms. The predicted octanol–water partition coefficient (Wildman–Crippen LogP) is 1.39. The van der Waals surface area contributed by atoms with Crippen LogP contribution >= 0.6 is 0 Å². The molecule has 2 aliphatic rings. The molecule has 2 heterocycles. The van der Waals surface area contributed by atoms with Gasteiger partial charge in [0.15, 0.2) is 0 Å². The number of likely N-dealkylation sites (tertiary alicyclic amines) is 1. The fourth-order valence-electron chi connectivity index (χ4n) is 2.64. The summed E-state index contributed by atoms with van der Waals surface area (Å²) in [5, 5.41) is 10.1. The minimum absolute atomic E-state index is 0.283. The van der Waals surface area contributed by atoms with E-state index in [1.807, 2.05) is 20.8 Å². The minimum Gasteiger partial charge on any atom is -0.444 e. The van der Waals surface area contributed by atoms with Gasteiger partial charge in [0.25, 0.3) is 0 Å². The first-order valence-corrected chi connectivity index (χ1v) is 6.56. The van der Waals surface area contributed by atoms with Crippen molar-refractivity contribution >= 4 is 6.09 Å². The van der Waals surface area contributed by atoms with Gasteiger partial charge in [0.2, 0.25) is 0 Å². The molecule has 2 fully saturated rings. The molecule has 2 atom stereocenters. The summed E-state index contributed by atoms with van der Waals surface area (Å²) in [4.78, 5) is 13.7. The lowest BCUT2D eigenvalue weighted by molar-refractivity contribution is -0.0929. The topological polar surface area (TPSA) is 59.0 Å². The van der Waals surface area contributed by atoms with Crippen LogP contribution in [0.4, 0.5) is 4.79 Å². The summed E-state index contributed by atoms with van der Waals surface area (Å²) in [7, 11) is 0. The highest BCUT2D eigenvalue weighted by Crippen LogP contribution is 2.38. The molecule has 2 rings (SSSR count). The van der Waals surface area contributed by atoms with Gasteiger partial charge >= 0.3 is 6.09 Å². The average molecular weight is 257 g/mol. The molecule has 0 aromatic rings. The number of aliphatic hydroxyl groups excluding tert-OH is 1. The Labute approximate surface area is 108 Å². The first-order valence-electron chi connectivity index (χ1n) is 6.56. The van der Waals surface area contributed by atoms with E-state index in [9.17, 15) is 9.90 Å². The molecule has 0 aromatic carbocycles. The molecular formula is C13H23NO4. The quantitative estimate of drug-likeness (QED) is 0.712. The van der Waals surface area contributed by atoms with Gasteiger partial charge in [-0.25, -0.2) is 4.79 Å². The summed E-state index contributed by atoms with van der Waals surface area (Å²) in [6, 6.07) is 0. The Kier molecular flexibility index (Phi) is 3.56. The van der Waals surface area contributed by atoms with Crippen LogP contribution in [-0.2, 0) is 9.47 Å². The third-order valence-electron chi connectivity index (χ3n) is 3.67. The lowest BCUT2D eigenvalue weighted by Crippen LogP contribution is -2.47. The smallest absolute Gasteiger partial charge is 0.410 e. The second-order valence-corrected chi connectivity index (χ2v) is 6.37. The zero-order valence-electron chi connectivity index (χ0n) is 11.4. The number of ether oxygens (including phenoxy) is 2. The van der Waals surface area contributed by atoms with Gasteiger partial charge in [-0.05, 0) is 33.6 Å². The summed E-state index contributed by atoms with van der Waals surface area (Å²) in [5.41, 5.74) is -0.760. The fraction of sp³-hybridized carbons (Fsp3) is 0.923. The number of hydrogen-bond donors (Lipinski definition) is 1. The molecule has 0 aliphatic carbocycles. The van der Waals surface area contributed by atoms with E-state index in [0.717, 1.165) is 6.42 Å². The van der Waals surface area contributed by atoms with Crippen LogP contribution in [0.3, 0.4) is 0 Å². The van der Waals surface area contributed by atoms with Crippen LogP contribution in [-0.4, -0.2) is 54.1 Å². The molecule has 0 aromatic heterocycles. The van der Waals surface area contributed by atoms with Crippen LogP contribution < -0.4 is 0 Å². The van der Waals surface area contributed by atoms with Gasteiger partial charge in [0, 0.05) is 25.1 Å². The Morgan fingerprint density at radius 2 is 2.22 bits per heavy atom. The third kappa shape index (κ3) is 2.78. The van der Waals surface area contributed by atoms with Crippen molar-refractivity contribution in [2.75, 3.05) is 26.3 Å². The molecular weight excluding hydrogens is 234 g/mol. The Bertz CT molecular complexity index is 325. The van der Waals surface area contributed by atoms with E-state index in [4.69, 9.17) is 9.47 Å². The number of amides is 1. The molecule has 5 heteroatoms. The van der Waals surface area contributed by atoms with E-state index < -0.39 is 5.60 Å². The number of rotatable bonds is 0. The number of aliphatic hydroxyl groups is 1. The van der Waals surface area contributed by atoms with E-state index in [1.165, 1.54) is 0 Å². The number of nitrogens with zero attached hydrogens (tertiary/aromatic N) is 1. The van der Waals surface area contributed by atoms with Gasteiger partial charge in [-0.1, -0.05) is 0 Å². The number of carbonyl (C=O) groups is 1. The maximum atomic E-state index is 12.0. The maximum absolute atomic E-state index is 12.0. The van der Waals surface area contributed by atoms with E-state index in [0.29, 0.717) is 32.7 Å². The second-order valence-electron chi connectivity index (χ2n) is 6.37. The van der Waals surface area contributed by atoms with Crippen LogP contribution in [0.15, 0.2) is 0 Å². The molecule has 5 nitrogen and oxygen atoms in total. The zero-order valence-corrected chi connectivity index (χ0v) is 11.4. The van der Waals surface area contributed by atoms with Crippen LogP contribution in [0.1, 0.15) is 33.6 Å². The predicted molar refractivity (Wildman–Crippen MR) is 66.3 cm³/mol. The summed E-state index contributed by atoms with van der Waals surface area (Å²) in [6.45, 7) is 7.88. The SMILES string of the molecule is CC(C)(C)OC(=O)N1CCC2(COCCC2O)C1. The molecule has 0 saturated carbocycles. The summed E-state index contributed by atoms with van der Waals surface area (Å²) < 4.78 is 10.8. The van der Waals surface area contributed by atoms with Gasteiger partial charge in [0.1, 0.15) is 5.60 Å². The van der Waals surface area contributed by atoms with Crippen molar-refractivity contribution in [2.24, 2.45) is 5.41 Å². The molecule has 0 bridgehead atoms. The summed E-state index contributed by atoms with van der Waals surface area (Å²) >= 11 is 0. The Morgan fingerprint density at radius 3 is 2.83 bits per heavy atom. The lowest BCUT2D eigenvalue weighted by Gasteiger charge is -2.37. The van der Waals surface area contributed by atoms with E-state index in [1.54, 1.807) is 4.90 Å². The van der Waals surface area contributed by atoms with Crippen molar-refractivity contribution in [3.8, 4) is 0 Å².